The maximum Gasteiger partial charge on any atom is 0.243 e. The van der Waals surface area contributed by atoms with Crippen LogP contribution in [0.1, 0.15) is 63.0 Å². The van der Waals surface area contributed by atoms with Gasteiger partial charge in [0.05, 0.1) is 0 Å². The molecule has 1 aliphatic carbocycles. The van der Waals surface area contributed by atoms with Gasteiger partial charge in [-0.05, 0) is 65.8 Å². The van der Waals surface area contributed by atoms with Gasteiger partial charge in [0, 0.05) is 24.1 Å². The SMILES string of the molecule is CC/C(C1=C=CC=C1)=C(/c1ccccc1)c1ccc(NC(=O)CCCCCCC(=O)NO)cc1. The highest BCUT2D eigenvalue weighted by Crippen LogP contribution is 2.33. The Morgan fingerprint density at radius 1 is 0.853 bits per heavy atom. The second kappa shape index (κ2) is 13.1. The third-order valence-electron chi connectivity index (χ3n) is 5.78. The van der Waals surface area contributed by atoms with E-state index in [9.17, 15) is 9.59 Å². The van der Waals surface area contributed by atoms with E-state index < -0.39 is 0 Å². The Bertz CT molecular complexity index is 1110. The second-order valence-corrected chi connectivity index (χ2v) is 8.23. The molecule has 0 aromatic heterocycles. The van der Waals surface area contributed by atoms with Gasteiger partial charge in [0.2, 0.25) is 11.8 Å². The summed E-state index contributed by atoms with van der Waals surface area (Å²) in [5, 5.41) is 11.5. The molecule has 5 heteroatoms. The van der Waals surface area contributed by atoms with Crippen LogP contribution in [0.2, 0.25) is 0 Å². The number of rotatable bonds is 12. The summed E-state index contributed by atoms with van der Waals surface area (Å²) < 4.78 is 0. The molecule has 0 bridgehead atoms. The monoisotopic (exact) mass is 456 g/mol. The molecule has 0 saturated heterocycles. The number of hydroxylamine groups is 1. The lowest BCUT2D eigenvalue weighted by atomic mass is 9.88. The number of hydrogen-bond donors (Lipinski definition) is 3. The predicted molar refractivity (Wildman–Crippen MR) is 136 cm³/mol. The van der Waals surface area contributed by atoms with Crippen LogP contribution in [0, 0.1) is 0 Å². The molecule has 5 nitrogen and oxygen atoms in total. The van der Waals surface area contributed by atoms with Crippen molar-refractivity contribution in [3.05, 3.63) is 101 Å². The van der Waals surface area contributed by atoms with Gasteiger partial charge in [-0.15, -0.1) is 5.73 Å². The molecule has 3 rings (SSSR count). The maximum atomic E-state index is 12.3. The zero-order valence-electron chi connectivity index (χ0n) is 19.6. The van der Waals surface area contributed by atoms with Crippen molar-refractivity contribution in [3.8, 4) is 0 Å². The maximum absolute atomic E-state index is 12.3. The highest BCUT2D eigenvalue weighted by atomic mass is 16.5. The van der Waals surface area contributed by atoms with Crippen LogP contribution in [0.25, 0.3) is 5.57 Å². The summed E-state index contributed by atoms with van der Waals surface area (Å²) in [5.41, 5.74) is 11.5. The summed E-state index contributed by atoms with van der Waals surface area (Å²) in [6.45, 7) is 2.16. The minimum absolute atomic E-state index is 0.0136. The van der Waals surface area contributed by atoms with Crippen LogP contribution in [-0.2, 0) is 9.59 Å². The van der Waals surface area contributed by atoms with Gasteiger partial charge < -0.3 is 5.32 Å². The van der Waals surface area contributed by atoms with Gasteiger partial charge in [0.15, 0.2) is 0 Å². The topological polar surface area (TPSA) is 78.4 Å². The van der Waals surface area contributed by atoms with Crippen LogP contribution in [0.15, 0.2) is 89.7 Å². The van der Waals surface area contributed by atoms with Gasteiger partial charge in [-0.3, -0.25) is 14.8 Å². The average molecular weight is 457 g/mol. The Balaban J connectivity index is 1.65. The Morgan fingerprint density at radius 3 is 2.09 bits per heavy atom. The summed E-state index contributed by atoms with van der Waals surface area (Å²) in [6, 6.07) is 18.4. The van der Waals surface area contributed by atoms with Crippen LogP contribution >= 0.6 is 0 Å². The van der Waals surface area contributed by atoms with E-state index in [1.54, 1.807) is 5.48 Å². The molecular formula is C29H32N2O3. The van der Waals surface area contributed by atoms with E-state index in [0.29, 0.717) is 19.3 Å². The average Bonchev–Trinajstić information content (AvgIpc) is 3.40. The Hall–Kier alpha value is -3.66. The van der Waals surface area contributed by atoms with Crippen LogP contribution in [0.3, 0.4) is 0 Å². The molecule has 0 atom stereocenters. The zero-order chi connectivity index (χ0) is 24.2. The largest absolute Gasteiger partial charge is 0.326 e. The number of allylic oxidation sites excluding steroid dienone is 4. The molecule has 1 aliphatic rings. The summed E-state index contributed by atoms with van der Waals surface area (Å²) in [4.78, 5) is 23.3. The van der Waals surface area contributed by atoms with Crippen molar-refractivity contribution in [1.29, 1.82) is 0 Å². The van der Waals surface area contributed by atoms with E-state index in [-0.39, 0.29) is 11.8 Å². The summed E-state index contributed by atoms with van der Waals surface area (Å²) in [5.74, 6) is -0.384. The zero-order valence-corrected chi connectivity index (χ0v) is 19.6. The Kier molecular flexibility index (Phi) is 9.65. The number of carbonyl (C=O) groups excluding carboxylic acids is 2. The molecule has 0 spiro atoms. The van der Waals surface area contributed by atoms with Crippen molar-refractivity contribution in [1.82, 2.24) is 5.48 Å². The number of hydrogen-bond acceptors (Lipinski definition) is 3. The van der Waals surface area contributed by atoms with Crippen molar-refractivity contribution in [2.45, 2.75) is 51.9 Å². The third-order valence-corrected chi connectivity index (χ3v) is 5.78. The van der Waals surface area contributed by atoms with E-state index >= 15 is 0 Å². The quantitative estimate of drug-likeness (QED) is 0.151. The lowest BCUT2D eigenvalue weighted by Gasteiger charge is -2.16. The molecular weight excluding hydrogens is 424 g/mol. The molecule has 0 aliphatic heterocycles. The first-order chi connectivity index (χ1) is 16.6. The van der Waals surface area contributed by atoms with Crippen molar-refractivity contribution in [2.75, 3.05) is 5.32 Å². The van der Waals surface area contributed by atoms with Gasteiger partial charge in [-0.25, -0.2) is 5.48 Å². The van der Waals surface area contributed by atoms with Crippen molar-refractivity contribution in [2.24, 2.45) is 0 Å². The number of anilines is 1. The lowest BCUT2D eigenvalue weighted by molar-refractivity contribution is -0.129. The molecule has 0 radical (unpaired) electrons. The summed E-state index contributed by atoms with van der Waals surface area (Å²) in [7, 11) is 0. The summed E-state index contributed by atoms with van der Waals surface area (Å²) >= 11 is 0. The Labute approximate surface area is 201 Å². The molecule has 0 heterocycles. The number of nitrogens with one attached hydrogen (secondary N) is 2. The van der Waals surface area contributed by atoms with E-state index in [0.717, 1.165) is 48.1 Å². The fourth-order valence-corrected chi connectivity index (χ4v) is 4.06. The molecule has 3 N–H and O–H groups in total. The van der Waals surface area contributed by atoms with E-state index in [2.05, 4.69) is 48.3 Å². The van der Waals surface area contributed by atoms with E-state index in [1.807, 2.05) is 42.5 Å². The summed E-state index contributed by atoms with van der Waals surface area (Å²) in [6.07, 6.45) is 10.9. The number of carbonyl (C=O) groups is 2. The predicted octanol–water partition coefficient (Wildman–Crippen LogP) is 6.33. The molecule has 0 saturated carbocycles. The van der Waals surface area contributed by atoms with Crippen LogP contribution in [-0.4, -0.2) is 17.0 Å². The number of amides is 2. The lowest BCUT2D eigenvalue weighted by Crippen LogP contribution is -2.17. The van der Waals surface area contributed by atoms with Crippen molar-refractivity contribution in [3.63, 3.8) is 0 Å². The van der Waals surface area contributed by atoms with Crippen LogP contribution < -0.4 is 10.8 Å². The first-order valence-electron chi connectivity index (χ1n) is 11.9. The Morgan fingerprint density at radius 2 is 1.50 bits per heavy atom. The standard InChI is InChI=1S/C29H32N2O3/c1-2-26(22-12-10-11-13-22)29(23-14-6-5-7-15-23)24-18-20-25(21-19-24)30-27(32)16-8-3-4-9-17-28(33)31-34/h5-7,10-12,14-15,18-21,34H,2-4,8-9,16-17H2,1H3,(H,30,32)(H,31,33)/b29-26+. The van der Waals surface area contributed by atoms with Gasteiger partial charge in [-0.1, -0.05) is 68.3 Å². The molecule has 2 aromatic rings. The molecule has 34 heavy (non-hydrogen) atoms. The van der Waals surface area contributed by atoms with Crippen LogP contribution in [0.5, 0.6) is 0 Å². The van der Waals surface area contributed by atoms with Gasteiger partial charge >= 0.3 is 0 Å². The second-order valence-electron chi connectivity index (χ2n) is 8.23. The molecule has 0 fully saturated rings. The van der Waals surface area contributed by atoms with E-state index in [4.69, 9.17) is 5.21 Å². The van der Waals surface area contributed by atoms with Gasteiger partial charge in [0.1, 0.15) is 0 Å². The highest BCUT2D eigenvalue weighted by molar-refractivity contribution is 5.91. The first kappa shape index (κ1) is 25.0. The third kappa shape index (κ3) is 7.17. The van der Waals surface area contributed by atoms with Gasteiger partial charge in [-0.2, -0.15) is 0 Å². The number of benzene rings is 2. The number of unbranched alkanes of at least 4 members (excludes halogenated alkanes) is 3. The van der Waals surface area contributed by atoms with Crippen molar-refractivity contribution >= 4 is 23.1 Å². The van der Waals surface area contributed by atoms with Gasteiger partial charge in [0.25, 0.3) is 0 Å². The smallest absolute Gasteiger partial charge is 0.243 e. The minimum Gasteiger partial charge on any atom is -0.326 e. The normalized spacial score (nSPS) is 12.8. The first-order valence-corrected chi connectivity index (χ1v) is 11.9. The molecule has 176 valence electrons. The van der Waals surface area contributed by atoms with Crippen molar-refractivity contribution < 1.29 is 14.8 Å². The van der Waals surface area contributed by atoms with Crippen LogP contribution in [0.4, 0.5) is 5.69 Å². The highest BCUT2D eigenvalue weighted by Gasteiger charge is 2.14. The molecule has 2 amide bonds. The van der Waals surface area contributed by atoms with E-state index in [1.165, 1.54) is 11.1 Å². The minimum atomic E-state index is -0.370. The molecule has 2 aromatic carbocycles. The molecule has 0 unspecified atom stereocenters. The fraction of sp³-hybridized carbons (Fsp3) is 0.276. The fourth-order valence-electron chi connectivity index (χ4n) is 4.06.